The summed E-state index contributed by atoms with van der Waals surface area (Å²) in [6, 6.07) is 4.11. The van der Waals surface area contributed by atoms with Crippen molar-refractivity contribution in [2.75, 3.05) is 7.11 Å². The third kappa shape index (κ3) is 1.51. The number of halogens is 2. The van der Waals surface area contributed by atoms with Crippen molar-refractivity contribution in [3.05, 3.63) is 26.5 Å². The molecule has 1 aromatic heterocycles. The molecule has 0 bridgehead atoms. The van der Waals surface area contributed by atoms with Crippen LogP contribution in [0.15, 0.2) is 26.5 Å². The van der Waals surface area contributed by atoms with E-state index in [1.165, 1.54) is 10.1 Å². The fourth-order valence-corrected chi connectivity index (χ4v) is 3.30. The van der Waals surface area contributed by atoms with E-state index in [4.69, 9.17) is 4.74 Å². The lowest BCUT2D eigenvalue weighted by molar-refractivity contribution is 0.412. The average molecular weight is 322 g/mol. The van der Waals surface area contributed by atoms with E-state index in [0.717, 1.165) is 14.7 Å². The molecule has 13 heavy (non-hydrogen) atoms. The number of hydrogen-bond acceptors (Lipinski definition) is 2. The van der Waals surface area contributed by atoms with E-state index in [1.54, 1.807) is 18.4 Å². The molecule has 0 N–H and O–H groups in total. The van der Waals surface area contributed by atoms with Crippen molar-refractivity contribution in [1.29, 1.82) is 0 Å². The van der Waals surface area contributed by atoms with E-state index in [-0.39, 0.29) is 0 Å². The quantitative estimate of drug-likeness (QED) is 0.754. The van der Waals surface area contributed by atoms with Gasteiger partial charge in [0.15, 0.2) is 0 Å². The van der Waals surface area contributed by atoms with Crippen molar-refractivity contribution < 1.29 is 4.74 Å². The van der Waals surface area contributed by atoms with Crippen LogP contribution in [0.4, 0.5) is 0 Å². The van der Waals surface area contributed by atoms with E-state index in [1.807, 2.05) is 6.07 Å². The van der Waals surface area contributed by atoms with Gasteiger partial charge in [0.2, 0.25) is 0 Å². The van der Waals surface area contributed by atoms with Crippen molar-refractivity contribution in [2.45, 2.75) is 0 Å². The predicted molar refractivity (Wildman–Crippen MR) is 63.8 cm³/mol. The van der Waals surface area contributed by atoms with Crippen LogP contribution >= 0.6 is 43.2 Å². The van der Waals surface area contributed by atoms with Gasteiger partial charge >= 0.3 is 0 Å². The number of rotatable bonds is 1. The van der Waals surface area contributed by atoms with Gasteiger partial charge in [0.1, 0.15) is 5.75 Å². The fraction of sp³-hybridized carbons (Fsp3) is 0.111. The van der Waals surface area contributed by atoms with Gasteiger partial charge in [-0.2, -0.15) is 0 Å². The van der Waals surface area contributed by atoms with Crippen molar-refractivity contribution in [3.63, 3.8) is 0 Å². The zero-order valence-electron chi connectivity index (χ0n) is 6.80. The van der Waals surface area contributed by atoms with Gasteiger partial charge in [-0.1, -0.05) is 0 Å². The Morgan fingerprint density at radius 3 is 2.77 bits per heavy atom. The molecule has 0 aliphatic carbocycles. The number of hydrogen-bond donors (Lipinski definition) is 0. The van der Waals surface area contributed by atoms with E-state index >= 15 is 0 Å². The van der Waals surface area contributed by atoms with Crippen LogP contribution in [0, 0.1) is 0 Å². The van der Waals surface area contributed by atoms with Gasteiger partial charge in [-0.3, -0.25) is 0 Å². The largest absolute Gasteiger partial charge is 0.496 e. The first kappa shape index (κ1) is 9.49. The van der Waals surface area contributed by atoms with Crippen LogP contribution in [0.5, 0.6) is 5.75 Å². The first-order valence-corrected chi connectivity index (χ1v) is 6.10. The Balaban J connectivity index is 2.83. The number of ether oxygens (including phenoxy) is 1. The monoisotopic (exact) mass is 320 g/mol. The molecule has 1 heterocycles. The predicted octanol–water partition coefficient (Wildman–Crippen LogP) is 4.43. The van der Waals surface area contributed by atoms with Gasteiger partial charge in [0.05, 0.1) is 16.1 Å². The molecule has 0 saturated heterocycles. The maximum atomic E-state index is 5.23. The van der Waals surface area contributed by atoms with Crippen LogP contribution in [0.3, 0.4) is 0 Å². The first-order chi connectivity index (χ1) is 6.24. The molecule has 1 nitrogen and oxygen atoms in total. The second kappa shape index (κ2) is 3.59. The minimum absolute atomic E-state index is 0.859. The maximum absolute atomic E-state index is 5.23. The standard InChI is InChI=1S/C9H6Br2OS/c1-12-6-4-5-2-3-13-9(5)8(11)7(6)10/h2-4H,1H3. The smallest absolute Gasteiger partial charge is 0.134 e. The molecule has 0 saturated carbocycles. The summed E-state index contributed by atoms with van der Waals surface area (Å²) in [4.78, 5) is 0. The topological polar surface area (TPSA) is 9.23 Å². The Labute approximate surface area is 97.0 Å². The van der Waals surface area contributed by atoms with Crippen molar-refractivity contribution in [1.82, 2.24) is 0 Å². The molecule has 0 fully saturated rings. The SMILES string of the molecule is COc1cc2ccsc2c(Br)c1Br. The number of fused-ring (bicyclic) bond motifs is 1. The van der Waals surface area contributed by atoms with E-state index in [2.05, 4.69) is 43.3 Å². The summed E-state index contributed by atoms with van der Waals surface area (Å²) in [5.74, 6) is 0.859. The number of thiophene rings is 1. The summed E-state index contributed by atoms with van der Waals surface area (Å²) in [7, 11) is 1.67. The molecular formula is C9H6Br2OS. The normalized spacial score (nSPS) is 10.7. The molecule has 4 heteroatoms. The van der Waals surface area contributed by atoms with Gasteiger partial charge in [-0.25, -0.2) is 0 Å². The van der Waals surface area contributed by atoms with Crippen LogP contribution in [-0.4, -0.2) is 7.11 Å². The fourth-order valence-electron chi connectivity index (χ4n) is 1.17. The van der Waals surface area contributed by atoms with Crippen molar-refractivity contribution in [2.24, 2.45) is 0 Å². The average Bonchev–Trinajstić information content (AvgIpc) is 2.59. The lowest BCUT2D eigenvalue weighted by atomic mass is 10.2. The third-order valence-electron chi connectivity index (χ3n) is 1.81. The summed E-state index contributed by atoms with van der Waals surface area (Å²) in [5, 5.41) is 3.28. The highest BCUT2D eigenvalue weighted by Crippen LogP contribution is 2.40. The summed E-state index contributed by atoms with van der Waals surface area (Å²) in [6.07, 6.45) is 0. The lowest BCUT2D eigenvalue weighted by Gasteiger charge is -2.05. The molecular weight excluding hydrogens is 316 g/mol. The summed E-state index contributed by atoms with van der Waals surface area (Å²) in [5.41, 5.74) is 0. The molecule has 0 radical (unpaired) electrons. The Morgan fingerprint density at radius 1 is 1.31 bits per heavy atom. The molecule has 2 rings (SSSR count). The van der Waals surface area contributed by atoms with Crippen LogP contribution in [0.2, 0.25) is 0 Å². The highest BCUT2D eigenvalue weighted by Gasteiger charge is 2.10. The Bertz CT molecular complexity index is 450. The molecule has 0 spiro atoms. The molecule has 0 atom stereocenters. The van der Waals surface area contributed by atoms with E-state index in [0.29, 0.717) is 0 Å². The van der Waals surface area contributed by atoms with Gasteiger partial charge in [-0.15, -0.1) is 11.3 Å². The Kier molecular flexibility index (Phi) is 2.62. The van der Waals surface area contributed by atoms with Gasteiger partial charge in [-0.05, 0) is 54.8 Å². The Hall–Kier alpha value is -0.0600. The zero-order valence-corrected chi connectivity index (χ0v) is 10.8. The van der Waals surface area contributed by atoms with E-state index < -0.39 is 0 Å². The Morgan fingerprint density at radius 2 is 2.08 bits per heavy atom. The van der Waals surface area contributed by atoms with Gasteiger partial charge in [0.25, 0.3) is 0 Å². The molecule has 0 aliphatic heterocycles. The first-order valence-electron chi connectivity index (χ1n) is 3.63. The number of benzene rings is 1. The molecule has 0 amide bonds. The lowest BCUT2D eigenvalue weighted by Crippen LogP contribution is -1.84. The van der Waals surface area contributed by atoms with Crippen LogP contribution in [0.25, 0.3) is 10.1 Å². The number of methoxy groups -OCH3 is 1. The van der Waals surface area contributed by atoms with Gasteiger partial charge in [0, 0.05) is 4.70 Å². The summed E-state index contributed by atoms with van der Waals surface area (Å²) >= 11 is 8.73. The molecule has 0 aliphatic rings. The summed E-state index contributed by atoms with van der Waals surface area (Å²) < 4.78 is 8.52. The molecule has 0 unspecified atom stereocenters. The van der Waals surface area contributed by atoms with Crippen LogP contribution in [0.1, 0.15) is 0 Å². The molecule has 2 aromatic rings. The van der Waals surface area contributed by atoms with Crippen molar-refractivity contribution in [3.8, 4) is 5.75 Å². The molecule has 1 aromatic carbocycles. The molecule has 68 valence electrons. The minimum atomic E-state index is 0.859. The van der Waals surface area contributed by atoms with Crippen molar-refractivity contribution >= 4 is 53.3 Å². The van der Waals surface area contributed by atoms with Crippen LogP contribution in [-0.2, 0) is 0 Å². The summed E-state index contributed by atoms with van der Waals surface area (Å²) in [6.45, 7) is 0. The third-order valence-corrected chi connectivity index (χ3v) is 5.13. The zero-order chi connectivity index (χ0) is 9.42. The maximum Gasteiger partial charge on any atom is 0.134 e. The van der Waals surface area contributed by atoms with E-state index in [9.17, 15) is 0 Å². The highest BCUT2D eigenvalue weighted by molar-refractivity contribution is 9.13. The second-order valence-electron chi connectivity index (χ2n) is 2.55. The van der Waals surface area contributed by atoms with Crippen LogP contribution < -0.4 is 4.74 Å². The van der Waals surface area contributed by atoms with Gasteiger partial charge < -0.3 is 4.74 Å². The highest BCUT2D eigenvalue weighted by atomic mass is 79.9. The minimum Gasteiger partial charge on any atom is -0.496 e. The second-order valence-corrected chi connectivity index (χ2v) is 5.05.